The van der Waals surface area contributed by atoms with Gasteiger partial charge < -0.3 is 10.2 Å². The first-order chi connectivity index (χ1) is 12.0. The van der Waals surface area contributed by atoms with E-state index >= 15 is 0 Å². The smallest absolute Gasteiger partial charge is 0.247 e. The fourth-order valence-corrected chi connectivity index (χ4v) is 2.92. The summed E-state index contributed by atoms with van der Waals surface area (Å²) in [7, 11) is 0. The van der Waals surface area contributed by atoms with Crippen LogP contribution >= 0.6 is 34.5 Å². The summed E-state index contributed by atoms with van der Waals surface area (Å²) in [4.78, 5) is 30.1. The number of aromatic nitrogens is 1. The number of halogens is 2. The van der Waals surface area contributed by atoms with Crippen molar-refractivity contribution in [2.75, 3.05) is 18.4 Å². The minimum Gasteiger partial charge on any atom is -0.330 e. The summed E-state index contributed by atoms with van der Waals surface area (Å²) in [5.74, 6) is -0.588. The molecule has 0 unspecified atom stereocenters. The van der Waals surface area contributed by atoms with E-state index in [0.29, 0.717) is 28.0 Å². The molecular weight excluding hydrogens is 381 g/mol. The van der Waals surface area contributed by atoms with Crippen molar-refractivity contribution in [3.63, 3.8) is 0 Å². The number of amides is 2. The van der Waals surface area contributed by atoms with E-state index in [0.717, 1.165) is 6.42 Å². The van der Waals surface area contributed by atoms with Crippen LogP contribution in [0.2, 0.25) is 10.0 Å². The van der Waals surface area contributed by atoms with E-state index in [1.807, 2.05) is 12.3 Å². The van der Waals surface area contributed by atoms with Crippen molar-refractivity contribution in [2.45, 2.75) is 13.3 Å². The zero-order valence-electron chi connectivity index (χ0n) is 13.5. The number of hydrogen-bond donors (Lipinski definition) is 1. The maximum Gasteiger partial charge on any atom is 0.247 e. The van der Waals surface area contributed by atoms with Crippen LogP contribution in [0.5, 0.6) is 0 Å². The van der Waals surface area contributed by atoms with E-state index in [9.17, 15) is 9.59 Å². The van der Waals surface area contributed by atoms with E-state index < -0.39 is 0 Å². The second kappa shape index (κ2) is 9.56. The van der Waals surface area contributed by atoms with Crippen LogP contribution in [0, 0.1) is 0 Å². The van der Waals surface area contributed by atoms with Gasteiger partial charge in [-0.1, -0.05) is 30.1 Å². The molecular formula is C17H17Cl2N3O2S. The Bertz CT molecular complexity index is 763. The highest BCUT2D eigenvalue weighted by molar-refractivity contribution is 7.07. The van der Waals surface area contributed by atoms with Gasteiger partial charge in [0.25, 0.3) is 0 Å². The fraction of sp³-hybridized carbons (Fsp3) is 0.235. The van der Waals surface area contributed by atoms with Crippen molar-refractivity contribution in [2.24, 2.45) is 0 Å². The molecule has 25 heavy (non-hydrogen) atoms. The second-order valence-electron chi connectivity index (χ2n) is 5.18. The van der Waals surface area contributed by atoms with Gasteiger partial charge in [-0.2, -0.15) is 0 Å². The maximum atomic E-state index is 12.3. The largest absolute Gasteiger partial charge is 0.330 e. The van der Waals surface area contributed by atoms with Crippen molar-refractivity contribution in [3.05, 3.63) is 50.9 Å². The van der Waals surface area contributed by atoms with Crippen LogP contribution in [0.25, 0.3) is 6.08 Å². The molecule has 0 bridgehead atoms. The topological polar surface area (TPSA) is 62.3 Å². The summed E-state index contributed by atoms with van der Waals surface area (Å²) < 4.78 is 0. The number of rotatable bonds is 7. The molecule has 0 fully saturated rings. The molecule has 132 valence electrons. The molecule has 1 N–H and O–H groups in total. The number of nitrogens with zero attached hydrogens (tertiary/aromatic N) is 2. The Balaban J connectivity index is 2.01. The van der Waals surface area contributed by atoms with Gasteiger partial charge in [-0.15, -0.1) is 11.3 Å². The Morgan fingerprint density at radius 1 is 1.36 bits per heavy atom. The van der Waals surface area contributed by atoms with Gasteiger partial charge in [0.15, 0.2) is 0 Å². The number of carbonyl (C=O) groups is 2. The van der Waals surface area contributed by atoms with E-state index in [-0.39, 0.29) is 18.4 Å². The highest BCUT2D eigenvalue weighted by atomic mass is 35.5. The Labute approximate surface area is 160 Å². The lowest BCUT2D eigenvalue weighted by Gasteiger charge is -2.20. The van der Waals surface area contributed by atoms with Gasteiger partial charge in [0.2, 0.25) is 11.8 Å². The van der Waals surface area contributed by atoms with Crippen molar-refractivity contribution >= 4 is 58.1 Å². The van der Waals surface area contributed by atoms with Crippen LogP contribution in [0.1, 0.15) is 19.0 Å². The third-order valence-electron chi connectivity index (χ3n) is 3.19. The summed E-state index contributed by atoms with van der Waals surface area (Å²) in [5.41, 5.74) is 2.82. The zero-order chi connectivity index (χ0) is 18.2. The quantitative estimate of drug-likeness (QED) is 0.706. The number of nitrogens with one attached hydrogen (secondary N) is 1. The average Bonchev–Trinajstić information content (AvgIpc) is 3.09. The maximum absolute atomic E-state index is 12.3. The Kier molecular flexibility index (Phi) is 7.43. The molecule has 0 saturated carbocycles. The van der Waals surface area contributed by atoms with E-state index in [2.05, 4.69) is 10.3 Å². The van der Waals surface area contributed by atoms with Crippen molar-refractivity contribution in [3.8, 4) is 0 Å². The monoisotopic (exact) mass is 397 g/mol. The molecule has 5 nitrogen and oxygen atoms in total. The van der Waals surface area contributed by atoms with E-state index in [4.69, 9.17) is 23.2 Å². The summed E-state index contributed by atoms with van der Waals surface area (Å²) >= 11 is 13.4. The fourth-order valence-electron chi connectivity index (χ4n) is 2.06. The van der Waals surface area contributed by atoms with E-state index in [1.165, 1.54) is 22.3 Å². The van der Waals surface area contributed by atoms with Crippen LogP contribution in [0.4, 0.5) is 5.69 Å². The van der Waals surface area contributed by atoms with Gasteiger partial charge >= 0.3 is 0 Å². The minimum atomic E-state index is -0.340. The van der Waals surface area contributed by atoms with Crippen LogP contribution in [-0.4, -0.2) is 34.8 Å². The predicted molar refractivity (Wildman–Crippen MR) is 103 cm³/mol. The summed E-state index contributed by atoms with van der Waals surface area (Å²) in [6.45, 7) is 2.34. The molecule has 0 spiro atoms. The Hall–Kier alpha value is -1.89. The van der Waals surface area contributed by atoms with Crippen LogP contribution < -0.4 is 5.32 Å². The van der Waals surface area contributed by atoms with Gasteiger partial charge in [-0.3, -0.25) is 9.59 Å². The molecule has 0 radical (unpaired) electrons. The minimum absolute atomic E-state index is 0.0725. The van der Waals surface area contributed by atoms with Crippen LogP contribution in [-0.2, 0) is 9.59 Å². The lowest BCUT2D eigenvalue weighted by molar-refractivity contribution is -0.130. The summed E-state index contributed by atoms with van der Waals surface area (Å²) in [6, 6.07) is 4.80. The summed E-state index contributed by atoms with van der Waals surface area (Å²) in [5, 5.41) is 5.36. The number of anilines is 1. The van der Waals surface area contributed by atoms with Gasteiger partial charge in [0, 0.05) is 23.0 Å². The Morgan fingerprint density at radius 3 is 2.84 bits per heavy atom. The van der Waals surface area contributed by atoms with Gasteiger partial charge in [-0.05, 0) is 30.7 Å². The normalized spacial score (nSPS) is 10.8. The molecule has 2 amide bonds. The van der Waals surface area contributed by atoms with Gasteiger partial charge in [0.05, 0.1) is 21.9 Å². The molecule has 2 aromatic rings. The van der Waals surface area contributed by atoms with Crippen LogP contribution in [0.3, 0.4) is 0 Å². The Morgan fingerprint density at radius 2 is 2.16 bits per heavy atom. The molecule has 0 saturated heterocycles. The molecule has 1 aromatic carbocycles. The zero-order valence-corrected chi connectivity index (χ0v) is 15.9. The first-order valence-corrected chi connectivity index (χ1v) is 9.29. The molecule has 2 rings (SSSR count). The SMILES string of the molecule is CCCN(CC(=O)Nc1cc(Cl)ccc1Cl)C(=O)/C=C/c1cscn1. The molecule has 0 aliphatic carbocycles. The predicted octanol–water partition coefficient (Wildman–Crippen LogP) is 4.34. The first kappa shape index (κ1) is 19.4. The van der Waals surface area contributed by atoms with Gasteiger partial charge in [0.1, 0.15) is 6.54 Å². The number of carbonyl (C=O) groups excluding carboxylic acids is 2. The highest BCUT2D eigenvalue weighted by Gasteiger charge is 2.15. The lowest BCUT2D eigenvalue weighted by atomic mass is 10.3. The van der Waals surface area contributed by atoms with Crippen molar-refractivity contribution in [1.82, 2.24) is 9.88 Å². The highest BCUT2D eigenvalue weighted by Crippen LogP contribution is 2.25. The molecule has 8 heteroatoms. The lowest BCUT2D eigenvalue weighted by Crippen LogP contribution is -2.37. The first-order valence-electron chi connectivity index (χ1n) is 7.59. The second-order valence-corrected chi connectivity index (χ2v) is 6.74. The number of benzene rings is 1. The van der Waals surface area contributed by atoms with E-state index in [1.54, 1.807) is 29.8 Å². The van der Waals surface area contributed by atoms with Crippen molar-refractivity contribution in [1.29, 1.82) is 0 Å². The molecule has 1 heterocycles. The molecule has 0 aliphatic heterocycles. The molecule has 1 aromatic heterocycles. The summed E-state index contributed by atoms with van der Waals surface area (Å²) in [6.07, 6.45) is 3.79. The number of hydrogen-bond acceptors (Lipinski definition) is 4. The molecule has 0 atom stereocenters. The van der Waals surface area contributed by atoms with Crippen molar-refractivity contribution < 1.29 is 9.59 Å². The van der Waals surface area contributed by atoms with Gasteiger partial charge in [-0.25, -0.2) is 4.98 Å². The average molecular weight is 398 g/mol. The molecule has 0 aliphatic rings. The standard InChI is InChI=1S/C17H17Cl2N3O2S/c1-2-7-22(17(24)6-4-13-10-25-11-20-13)9-16(23)21-15-8-12(18)3-5-14(15)19/h3-6,8,10-11H,2,7,9H2,1H3,(H,21,23)/b6-4+. The third-order valence-corrected chi connectivity index (χ3v) is 4.36. The third kappa shape index (κ3) is 6.16. The number of thiazole rings is 1. The van der Waals surface area contributed by atoms with Crippen LogP contribution in [0.15, 0.2) is 35.2 Å².